The highest BCUT2D eigenvalue weighted by Crippen LogP contribution is 2.11. The van der Waals surface area contributed by atoms with Crippen molar-refractivity contribution in [2.24, 2.45) is 0 Å². The van der Waals surface area contributed by atoms with Crippen LogP contribution in [0.5, 0.6) is 0 Å². The highest BCUT2D eigenvalue weighted by molar-refractivity contribution is 7.86. The van der Waals surface area contributed by atoms with Crippen molar-refractivity contribution in [3.8, 4) is 0 Å². The van der Waals surface area contributed by atoms with Crippen LogP contribution in [0.15, 0.2) is 17.5 Å². The smallest absolute Gasteiger partial charge is 0.319 e. The van der Waals surface area contributed by atoms with Crippen LogP contribution in [0.4, 0.5) is 0 Å². The second-order valence-corrected chi connectivity index (χ2v) is 5.92. The summed E-state index contributed by atoms with van der Waals surface area (Å²) in [6.07, 6.45) is 1.13. The van der Waals surface area contributed by atoms with Gasteiger partial charge in [-0.05, 0) is 24.3 Å². The number of rotatable bonds is 6. The molecule has 0 aliphatic carbocycles. The van der Waals surface area contributed by atoms with Gasteiger partial charge >= 0.3 is 5.97 Å². The lowest BCUT2D eigenvalue weighted by molar-refractivity contribution is -0.136. The van der Waals surface area contributed by atoms with E-state index in [0.29, 0.717) is 18.6 Å². The molecule has 1 heterocycles. The van der Waals surface area contributed by atoms with Crippen LogP contribution >= 0.6 is 11.3 Å². The summed E-state index contributed by atoms with van der Waals surface area (Å²) in [5.41, 5.74) is 0. The summed E-state index contributed by atoms with van der Waals surface area (Å²) in [6, 6.07) is 3.92. The summed E-state index contributed by atoms with van der Waals surface area (Å²) < 4.78 is 11.6. The Hall–Kier alpha value is -0.680. The number of thiophene rings is 1. The minimum atomic E-state index is -1.27. The average Bonchev–Trinajstić information content (AvgIpc) is 2.67. The van der Waals surface area contributed by atoms with Gasteiger partial charge in [0.2, 0.25) is 0 Å². The van der Waals surface area contributed by atoms with E-state index in [9.17, 15) is 9.00 Å². The predicted octanol–water partition coefficient (Wildman–Crippen LogP) is 1.90. The molecule has 0 radical (unpaired) electrons. The second kappa shape index (κ2) is 6.02. The maximum Gasteiger partial charge on any atom is 0.319 e. The van der Waals surface area contributed by atoms with Gasteiger partial charge in [-0.2, -0.15) is 0 Å². The molecule has 3 nitrogen and oxygen atoms in total. The molecule has 84 valence electrons. The lowest BCUT2D eigenvalue weighted by Crippen LogP contribution is -2.26. The molecular weight excluding hydrogens is 232 g/mol. The number of carboxylic acid groups (broad SMARTS) is 1. The lowest BCUT2D eigenvalue weighted by atomic mass is 10.3. The van der Waals surface area contributed by atoms with E-state index in [1.54, 1.807) is 18.3 Å². The Balaban J connectivity index is 2.44. The second-order valence-electron chi connectivity index (χ2n) is 3.15. The molecule has 0 bridgehead atoms. The molecule has 2 atom stereocenters. The summed E-state index contributed by atoms with van der Waals surface area (Å²) in [6.45, 7) is 1.75. The van der Waals surface area contributed by atoms with Crippen LogP contribution in [0, 0.1) is 0 Å². The van der Waals surface area contributed by atoms with Crippen molar-refractivity contribution in [3.05, 3.63) is 22.4 Å². The van der Waals surface area contributed by atoms with E-state index in [1.165, 1.54) is 0 Å². The first-order valence-electron chi connectivity index (χ1n) is 4.77. The Kier molecular flexibility index (Phi) is 4.98. The molecule has 1 aromatic rings. The molecule has 0 aliphatic rings. The first-order valence-corrected chi connectivity index (χ1v) is 7.03. The normalized spacial score (nSPS) is 14.7. The number of carbonyl (C=O) groups is 1. The predicted molar refractivity (Wildman–Crippen MR) is 62.7 cm³/mol. The summed E-state index contributed by atoms with van der Waals surface area (Å²) in [7, 11) is -1.27. The van der Waals surface area contributed by atoms with Crippen LogP contribution in [-0.2, 0) is 22.0 Å². The van der Waals surface area contributed by atoms with Crippen LogP contribution < -0.4 is 0 Å². The number of hydrogen-bond acceptors (Lipinski definition) is 3. The van der Waals surface area contributed by atoms with Crippen molar-refractivity contribution in [2.45, 2.75) is 25.0 Å². The van der Waals surface area contributed by atoms with E-state index < -0.39 is 22.0 Å². The Morgan fingerprint density at radius 1 is 1.67 bits per heavy atom. The van der Waals surface area contributed by atoms with Crippen LogP contribution in [0.25, 0.3) is 0 Å². The van der Waals surface area contributed by atoms with Gasteiger partial charge in [0.15, 0.2) is 0 Å². The first-order chi connectivity index (χ1) is 7.15. The molecule has 0 fully saturated rings. The zero-order valence-electron chi connectivity index (χ0n) is 8.51. The zero-order valence-corrected chi connectivity index (χ0v) is 10.1. The summed E-state index contributed by atoms with van der Waals surface area (Å²) in [5, 5.41) is 10.1. The third kappa shape index (κ3) is 3.76. The Bertz CT molecular complexity index is 332. The van der Waals surface area contributed by atoms with E-state index in [0.717, 1.165) is 4.88 Å². The van der Waals surface area contributed by atoms with Crippen LogP contribution in [-0.4, -0.2) is 26.3 Å². The average molecular weight is 246 g/mol. The van der Waals surface area contributed by atoms with Crippen LogP contribution in [0.3, 0.4) is 0 Å². The molecule has 1 N–H and O–H groups in total. The van der Waals surface area contributed by atoms with Gasteiger partial charge in [-0.3, -0.25) is 9.00 Å². The lowest BCUT2D eigenvalue weighted by Gasteiger charge is -2.08. The maximum absolute atomic E-state index is 11.6. The van der Waals surface area contributed by atoms with E-state index in [-0.39, 0.29) is 0 Å². The topological polar surface area (TPSA) is 54.4 Å². The number of aliphatic carboxylic acids is 1. The molecular formula is C10H14O3S2. The number of aryl methyl sites for hydroxylation is 1. The number of carboxylic acids is 1. The van der Waals surface area contributed by atoms with Crippen molar-refractivity contribution in [1.29, 1.82) is 0 Å². The van der Waals surface area contributed by atoms with E-state index in [2.05, 4.69) is 0 Å². The van der Waals surface area contributed by atoms with Crippen molar-refractivity contribution in [1.82, 2.24) is 0 Å². The quantitative estimate of drug-likeness (QED) is 0.834. The molecule has 1 aromatic heterocycles. The fourth-order valence-corrected chi connectivity index (χ4v) is 3.41. The van der Waals surface area contributed by atoms with Gasteiger partial charge in [-0.1, -0.05) is 13.0 Å². The molecule has 2 unspecified atom stereocenters. The molecule has 0 spiro atoms. The highest BCUT2D eigenvalue weighted by Gasteiger charge is 2.21. The van der Waals surface area contributed by atoms with E-state index in [4.69, 9.17) is 5.11 Å². The fraction of sp³-hybridized carbons (Fsp3) is 0.500. The molecule has 0 saturated heterocycles. The molecule has 0 aromatic carbocycles. The van der Waals surface area contributed by atoms with Gasteiger partial charge in [0, 0.05) is 21.4 Å². The molecule has 1 rings (SSSR count). The van der Waals surface area contributed by atoms with Gasteiger partial charge in [0.05, 0.1) is 0 Å². The largest absolute Gasteiger partial charge is 0.480 e. The van der Waals surface area contributed by atoms with Crippen molar-refractivity contribution in [3.63, 3.8) is 0 Å². The van der Waals surface area contributed by atoms with E-state index >= 15 is 0 Å². The van der Waals surface area contributed by atoms with Crippen LogP contribution in [0.2, 0.25) is 0 Å². The first kappa shape index (κ1) is 12.4. The zero-order chi connectivity index (χ0) is 11.3. The van der Waals surface area contributed by atoms with Crippen molar-refractivity contribution >= 4 is 28.1 Å². The van der Waals surface area contributed by atoms with Gasteiger partial charge in [0.25, 0.3) is 0 Å². The Morgan fingerprint density at radius 2 is 2.40 bits per heavy atom. The maximum atomic E-state index is 11.6. The Labute approximate surface area is 95.6 Å². The summed E-state index contributed by atoms with van der Waals surface area (Å²) in [5.74, 6) is -0.521. The monoisotopic (exact) mass is 246 g/mol. The van der Waals surface area contributed by atoms with Gasteiger partial charge < -0.3 is 5.11 Å². The van der Waals surface area contributed by atoms with Gasteiger partial charge in [0.1, 0.15) is 5.25 Å². The van der Waals surface area contributed by atoms with E-state index in [1.807, 2.05) is 17.5 Å². The molecule has 0 amide bonds. The molecule has 0 aliphatic heterocycles. The molecule has 5 heteroatoms. The number of hydrogen-bond donors (Lipinski definition) is 1. The van der Waals surface area contributed by atoms with Gasteiger partial charge in [-0.15, -0.1) is 11.3 Å². The SMILES string of the molecule is CCC(C(=O)O)S(=O)CCc1cccs1. The third-order valence-corrected chi connectivity index (χ3v) is 4.81. The molecule has 0 saturated carbocycles. The minimum Gasteiger partial charge on any atom is -0.480 e. The minimum absolute atomic E-state index is 0.423. The fourth-order valence-electron chi connectivity index (χ4n) is 1.27. The van der Waals surface area contributed by atoms with Crippen LogP contribution in [0.1, 0.15) is 18.2 Å². The highest BCUT2D eigenvalue weighted by atomic mass is 32.2. The standard InChI is InChI=1S/C10H14O3S2/c1-2-9(10(11)12)15(13)7-5-8-4-3-6-14-8/h3-4,6,9H,2,5,7H2,1H3,(H,11,12). The van der Waals surface area contributed by atoms with Gasteiger partial charge in [-0.25, -0.2) is 0 Å². The Morgan fingerprint density at radius 3 is 2.87 bits per heavy atom. The summed E-state index contributed by atoms with van der Waals surface area (Å²) >= 11 is 1.61. The van der Waals surface area contributed by atoms with Crippen molar-refractivity contribution < 1.29 is 14.1 Å². The van der Waals surface area contributed by atoms with Crippen molar-refractivity contribution in [2.75, 3.05) is 5.75 Å². The summed E-state index contributed by atoms with van der Waals surface area (Å²) in [4.78, 5) is 11.9. The third-order valence-electron chi connectivity index (χ3n) is 2.09. The molecule has 15 heavy (non-hydrogen) atoms.